The van der Waals surface area contributed by atoms with Gasteiger partial charge in [0.1, 0.15) is 16.8 Å². The monoisotopic (exact) mass is 497 g/mol. The van der Waals surface area contributed by atoms with E-state index < -0.39 is 10.2 Å². The lowest BCUT2D eigenvalue weighted by atomic mass is 10.1. The first kappa shape index (κ1) is 23.2. The van der Waals surface area contributed by atoms with Crippen LogP contribution in [0.1, 0.15) is 12.2 Å². The number of amidine groups is 1. The van der Waals surface area contributed by atoms with Gasteiger partial charge in [-0.05, 0) is 36.4 Å². The largest absolute Gasteiger partial charge is 0.455 e. The number of hydrogen-bond acceptors (Lipinski definition) is 8. The van der Waals surface area contributed by atoms with Crippen molar-refractivity contribution in [2.24, 2.45) is 10.2 Å². The van der Waals surface area contributed by atoms with E-state index in [4.69, 9.17) is 16.0 Å². The van der Waals surface area contributed by atoms with Crippen molar-refractivity contribution in [1.29, 1.82) is 0 Å². The average molecular weight is 498 g/mol. The van der Waals surface area contributed by atoms with Gasteiger partial charge in [0.2, 0.25) is 11.8 Å². The summed E-state index contributed by atoms with van der Waals surface area (Å²) in [5, 5.41) is 24.3. The predicted molar refractivity (Wildman–Crippen MR) is 130 cm³/mol. The number of thioether (sulfide) groups is 1. The highest BCUT2D eigenvalue weighted by Crippen LogP contribution is 2.33. The Kier molecular flexibility index (Phi) is 7.04. The van der Waals surface area contributed by atoms with E-state index in [1.807, 2.05) is 6.07 Å². The van der Waals surface area contributed by atoms with E-state index in [0.29, 0.717) is 11.4 Å². The first-order valence-electron chi connectivity index (χ1n) is 9.86. The van der Waals surface area contributed by atoms with Gasteiger partial charge < -0.3 is 15.1 Å². The van der Waals surface area contributed by atoms with E-state index in [1.165, 1.54) is 24.4 Å². The smallest absolute Gasteiger partial charge is 0.281 e. The van der Waals surface area contributed by atoms with Gasteiger partial charge in [-0.3, -0.25) is 19.7 Å². The predicted octanol–water partition coefficient (Wildman–Crippen LogP) is 4.46. The summed E-state index contributed by atoms with van der Waals surface area (Å²) >= 11 is 6.94. The maximum absolute atomic E-state index is 12.2. The summed E-state index contributed by atoms with van der Waals surface area (Å²) in [4.78, 5) is 35.1. The van der Waals surface area contributed by atoms with Gasteiger partial charge in [-0.2, -0.15) is 5.10 Å². The summed E-state index contributed by atoms with van der Waals surface area (Å²) in [7, 11) is 0. The molecule has 0 saturated carbocycles. The minimum Gasteiger partial charge on any atom is -0.455 e. The molecule has 1 aromatic heterocycles. The maximum Gasteiger partial charge on any atom is 0.281 e. The Morgan fingerprint density at radius 3 is 2.79 bits per heavy atom. The fraction of sp³-hybridized carbons (Fsp3) is 0.0909. The molecule has 1 aliphatic rings. The number of nitro groups is 1. The summed E-state index contributed by atoms with van der Waals surface area (Å²) in [5.74, 6) is -0.0530. The topological polar surface area (TPSA) is 139 Å². The van der Waals surface area contributed by atoms with Crippen molar-refractivity contribution >= 4 is 57.9 Å². The van der Waals surface area contributed by atoms with Crippen LogP contribution in [0.15, 0.2) is 75.3 Å². The molecule has 10 nitrogen and oxygen atoms in total. The third-order valence-corrected chi connectivity index (χ3v) is 5.89. The zero-order chi connectivity index (χ0) is 24.1. The van der Waals surface area contributed by atoms with Gasteiger partial charge >= 0.3 is 0 Å². The first-order chi connectivity index (χ1) is 16.4. The highest BCUT2D eigenvalue weighted by molar-refractivity contribution is 8.15. The summed E-state index contributed by atoms with van der Waals surface area (Å²) in [6.07, 6.45) is 1.29. The van der Waals surface area contributed by atoms with Crippen LogP contribution < -0.4 is 10.6 Å². The number of carbonyl (C=O) groups is 2. The molecule has 0 aliphatic carbocycles. The van der Waals surface area contributed by atoms with Gasteiger partial charge in [-0.15, -0.1) is 5.10 Å². The zero-order valence-corrected chi connectivity index (χ0v) is 18.9. The third kappa shape index (κ3) is 5.69. The van der Waals surface area contributed by atoms with E-state index >= 15 is 0 Å². The number of rotatable bonds is 7. The Balaban J connectivity index is 1.37. The summed E-state index contributed by atoms with van der Waals surface area (Å²) in [6, 6.07) is 16.4. The minimum atomic E-state index is -0.627. The molecule has 2 aromatic carbocycles. The Labute approximate surface area is 202 Å². The Bertz CT molecular complexity index is 1310. The van der Waals surface area contributed by atoms with Crippen LogP contribution in [0, 0.1) is 10.1 Å². The molecule has 12 heteroatoms. The molecular weight excluding hydrogens is 482 g/mol. The molecule has 34 heavy (non-hydrogen) atoms. The molecule has 0 bridgehead atoms. The van der Waals surface area contributed by atoms with E-state index in [9.17, 15) is 19.7 Å². The number of furan rings is 1. The highest BCUT2D eigenvalue weighted by Gasteiger charge is 2.32. The van der Waals surface area contributed by atoms with Gasteiger partial charge in [-0.1, -0.05) is 41.6 Å². The second kappa shape index (κ2) is 10.3. The number of nitrogens with zero attached hydrogens (tertiary/aromatic N) is 3. The summed E-state index contributed by atoms with van der Waals surface area (Å²) in [5.41, 5.74) is 0.740. The Morgan fingerprint density at radius 2 is 2.03 bits per heavy atom. The molecule has 1 aliphatic heterocycles. The van der Waals surface area contributed by atoms with Crippen molar-refractivity contribution in [1.82, 2.24) is 5.32 Å². The molecular formula is C22H16ClN5O5S. The van der Waals surface area contributed by atoms with E-state index in [0.717, 1.165) is 11.8 Å². The second-order valence-electron chi connectivity index (χ2n) is 6.98. The molecule has 172 valence electrons. The lowest BCUT2D eigenvalue weighted by molar-refractivity contribution is -0.384. The van der Waals surface area contributed by atoms with Gasteiger partial charge in [0.15, 0.2) is 5.17 Å². The first-order valence-corrected chi connectivity index (χ1v) is 11.1. The third-order valence-electron chi connectivity index (χ3n) is 4.59. The molecule has 4 rings (SSSR count). The SMILES string of the molecule is O=C(C[C@@H]1S/C(=N\N=C/c2ccc(-c3ccc(Cl)cc3[N+](=O)[O-])o2)NC1=O)Nc1ccccc1. The van der Waals surface area contributed by atoms with Crippen molar-refractivity contribution in [2.75, 3.05) is 5.32 Å². The number of hydrogen-bond donors (Lipinski definition) is 2. The van der Waals surface area contributed by atoms with Crippen LogP contribution in [0.25, 0.3) is 11.3 Å². The van der Waals surface area contributed by atoms with Crippen molar-refractivity contribution in [3.63, 3.8) is 0 Å². The molecule has 0 spiro atoms. The van der Waals surface area contributed by atoms with Crippen molar-refractivity contribution in [3.8, 4) is 11.3 Å². The Morgan fingerprint density at radius 1 is 1.24 bits per heavy atom. The molecule has 2 N–H and O–H groups in total. The number of amides is 2. The van der Waals surface area contributed by atoms with Crippen LogP contribution in [-0.4, -0.2) is 33.4 Å². The molecule has 2 amide bonds. The van der Waals surface area contributed by atoms with Crippen molar-refractivity contribution in [3.05, 3.63) is 81.6 Å². The number of para-hydroxylation sites is 1. The lowest BCUT2D eigenvalue weighted by Gasteiger charge is -2.06. The fourth-order valence-corrected chi connectivity index (χ4v) is 4.15. The van der Waals surface area contributed by atoms with Crippen LogP contribution in [-0.2, 0) is 9.59 Å². The van der Waals surface area contributed by atoms with Crippen LogP contribution in [0.5, 0.6) is 0 Å². The molecule has 1 fully saturated rings. The van der Waals surface area contributed by atoms with Crippen LogP contribution in [0.4, 0.5) is 11.4 Å². The fourth-order valence-electron chi connectivity index (χ4n) is 3.06. The highest BCUT2D eigenvalue weighted by atomic mass is 35.5. The molecule has 1 saturated heterocycles. The average Bonchev–Trinajstić information content (AvgIpc) is 3.41. The number of anilines is 1. The Hall–Kier alpha value is -3.96. The normalized spacial score (nSPS) is 16.7. The number of benzene rings is 2. The van der Waals surface area contributed by atoms with E-state index in [2.05, 4.69) is 20.8 Å². The number of halogens is 1. The lowest BCUT2D eigenvalue weighted by Crippen LogP contribution is -2.28. The van der Waals surface area contributed by atoms with Gasteiger partial charge in [0.05, 0.1) is 16.7 Å². The van der Waals surface area contributed by atoms with Gasteiger partial charge in [0, 0.05) is 23.2 Å². The number of carbonyl (C=O) groups excluding carboxylic acids is 2. The number of nitro benzene ring substituents is 1. The number of nitrogens with one attached hydrogen (secondary N) is 2. The standard InChI is InChI=1S/C22H16ClN5O5S/c23-13-6-8-16(17(10-13)28(31)32)18-9-7-15(33-18)12-24-27-22-26-21(30)19(34-22)11-20(29)25-14-4-2-1-3-5-14/h1-10,12,19H,11H2,(H,25,29)(H,26,27,30)/b24-12-/t19-/m0/s1. The molecule has 1 atom stereocenters. The van der Waals surface area contributed by atoms with E-state index in [-0.39, 0.29) is 45.4 Å². The van der Waals surface area contributed by atoms with Crippen LogP contribution in [0.3, 0.4) is 0 Å². The molecule has 3 aromatic rings. The second-order valence-corrected chi connectivity index (χ2v) is 8.61. The van der Waals surface area contributed by atoms with Gasteiger partial charge in [-0.25, -0.2) is 0 Å². The van der Waals surface area contributed by atoms with Gasteiger partial charge in [0.25, 0.3) is 5.69 Å². The van der Waals surface area contributed by atoms with E-state index in [1.54, 1.807) is 36.4 Å². The minimum absolute atomic E-state index is 0.0183. The van der Waals surface area contributed by atoms with Crippen molar-refractivity contribution < 1.29 is 18.9 Å². The maximum atomic E-state index is 12.2. The quantitative estimate of drug-likeness (QED) is 0.280. The molecule has 0 unspecified atom stereocenters. The van der Waals surface area contributed by atoms with Crippen molar-refractivity contribution in [2.45, 2.75) is 11.7 Å². The molecule has 2 heterocycles. The summed E-state index contributed by atoms with van der Waals surface area (Å²) < 4.78 is 5.60. The zero-order valence-electron chi connectivity index (χ0n) is 17.3. The van der Waals surface area contributed by atoms with Crippen LogP contribution in [0.2, 0.25) is 5.02 Å². The van der Waals surface area contributed by atoms with Crippen LogP contribution >= 0.6 is 23.4 Å². The summed E-state index contributed by atoms with van der Waals surface area (Å²) in [6.45, 7) is 0. The molecule has 0 radical (unpaired) electrons.